The minimum Gasteiger partial charge on any atom is -0.492 e. The van der Waals surface area contributed by atoms with E-state index in [1.54, 1.807) is 5.59 Å². The lowest BCUT2D eigenvalue weighted by Gasteiger charge is -2.39. The van der Waals surface area contributed by atoms with Gasteiger partial charge in [0.1, 0.15) is 12.4 Å². The van der Waals surface area contributed by atoms with E-state index in [9.17, 15) is 13.2 Å². The smallest absolute Gasteiger partial charge is 0.420 e. The van der Waals surface area contributed by atoms with Crippen LogP contribution >= 0.6 is 11.6 Å². The summed E-state index contributed by atoms with van der Waals surface area (Å²) in [5.41, 5.74) is 6.00. The molecule has 212 valence electrons. The quantitative estimate of drug-likeness (QED) is 0.173. The maximum atomic E-state index is 13.7. The molecule has 3 N–H and O–H groups in total. The summed E-state index contributed by atoms with van der Waals surface area (Å²) in [6.45, 7) is 4.20. The standard InChI is InChI=1S/C30H32ClF3N4O2/c31-26-12-10-25(11-13-26)29(24-7-2-1-3-8-24)38-18-16-37(17-19-38)20-21-40-28-14-9-23(6-4-5-15-35-36-39)22-27(28)30(32,33)34/h1-3,7-14,22,29,35-36,39H,5,15-21H2/t29-/m1/s1. The van der Waals surface area contributed by atoms with Crippen molar-refractivity contribution in [2.24, 2.45) is 0 Å². The highest BCUT2D eigenvalue weighted by atomic mass is 35.5. The molecule has 4 rings (SSSR count). The van der Waals surface area contributed by atoms with Crippen LogP contribution in [0.15, 0.2) is 72.8 Å². The number of hydrazine groups is 1. The molecule has 0 spiro atoms. The molecule has 0 saturated carbocycles. The Morgan fingerprint density at radius 3 is 2.33 bits per heavy atom. The number of ether oxygens (including phenoxy) is 1. The van der Waals surface area contributed by atoms with Gasteiger partial charge >= 0.3 is 6.18 Å². The molecule has 1 saturated heterocycles. The lowest BCUT2D eigenvalue weighted by molar-refractivity contribution is -0.139. The summed E-state index contributed by atoms with van der Waals surface area (Å²) < 4.78 is 46.8. The third-order valence-electron chi connectivity index (χ3n) is 6.71. The van der Waals surface area contributed by atoms with Crippen LogP contribution in [0.5, 0.6) is 5.75 Å². The molecule has 0 unspecified atom stereocenters. The molecule has 3 aromatic rings. The third kappa shape index (κ3) is 8.45. The summed E-state index contributed by atoms with van der Waals surface area (Å²) in [7, 11) is 0. The van der Waals surface area contributed by atoms with Crippen LogP contribution in [0.1, 0.15) is 34.7 Å². The summed E-state index contributed by atoms with van der Waals surface area (Å²) in [6.07, 6.45) is -4.21. The number of alkyl halides is 3. The number of benzene rings is 3. The third-order valence-corrected chi connectivity index (χ3v) is 6.96. The summed E-state index contributed by atoms with van der Waals surface area (Å²) in [4.78, 5) is 4.64. The fraction of sp³-hybridized carbons (Fsp3) is 0.333. The predicted molar refractivity (Wildman–Crippen MR) is 149 cm³/mol. The van der Waals surface area contributed by atoms with E-state index in [0.717, 1.165) is 32.2 Å². The second kappa shape index (κ2) is 14.5. The Hall–Kier alpha value is -3.10. The lowest BCUT2D eigenvalue weighted by atomic mass is 9.96. The van der Waals surface area contributed by atoms with E-state index < -0.39 is 11.7 Å². The summed E-state index contributed by atoms with van der Waals surface area (Å²) in [5, 5.41) is 9.16. The van der Waals surface area contributed by atoms with E-state index in [2.05, 4.69) is 51.3 Å². The van der Waals surface area contributed by atoms with Gasteiger partial charge in [-0.3, -0.25) is 9.80 Å². The maximum absolute atomic E-state index is 13.7. The van der Waals surface area contributed by atoms with Crippen LogP contribution in [0.4, 0.5) is 13.2 Å². The van der Waals surface area contributed by atoms with Gasteiger partial charge in [-0.05, 0) is 41.5 Å². The molecule has 1 aliphatic rings. The van der Waals surface area contributed by atoms with Gasteiger partial charge in [0.2, 0.25) is 0 Å². The van der Waals surface area contributed by atoms with E-state index in [-0.39, 0.29) is 24.0 Å². The van der Waals surface area contributed by atoms with E-state index in [1.807, 2.05) is 30.3 Å². The molecule has 1 fully saturated rings. The first-order valence-electron chi connectivity index (χ1n) is 13.1. The molecule has 0 aromatic heterocycles. The molecule has 1 atom stereocenters. The second-order valence-electron chi connectivity index (χ2n) is 9.39. The second-order valence-corrected chi connectivity index (χ2v) is 9.83. The van der Waals surface area contributed by atoms with Crippen LogP contribution in [-0.2, 0) is 6.18 Å². The fourth-order valence-corrected chi connectivity index (χ4v) is 4.85. The molecule has 0 bridgehead atoms. The Labute approximate surface area is 237 Å². The van der Waals surface area contributed by atoms with Crippen molar-refractivity contribution in [2.75, 3.05) is 45.9 Å². The average Bonchev–Trinajstić information content (AvgIpc) is 2.95. The van der Waals surface area contributed by atoms with Crippen LogP contribution in [0.3, 0.4) is 0 Å². The van der Waals surface area contributed by atoms with E-state index in [1.165, 1.54) is 23.3 Å². The number of hydrogen-bond acceptors (Lipinski definition) is 6. The minimum atomic E-state index is -4.56. The number of nitrogens with one attached hydrogen (secondary N) is 2. The zero-order valence-corrected chi connectivity index (χ0v) is 22.7. The molecule has 6 nitrogen and oxygen atoms in total. The Morgan fingerprint density at radius 1 is 0.950 bits per heavy atom. The Bertz CT molecular complexity index is 1270. The van der Waals surface area contributed by atoms with Gasteiger partial charge in [-0.15, -0.1) is 5.59 Å². The SMILES string of the molecule is ONNCCC#Cc1ccc(OCCN2CCN([C@H](c3ccccc3)c3ccc(Cl)cc3)CC2)c(C(F)(F)F)c1. The van der Waals surface area contributed by atoms with Crippen LogP contribution in [0.25, 0.3) is 0 Å². The van der Waals surface area contributed by atoms with Gasteiger partial charge in [0.05, 0.1) is 11.6 Å². The zero-order chi connectivity index (χ0) is 28.4. The van der Waals surface area contributed by atoms with Gasteiger partial charge in [0.25, 0.3) is 0 Å². The first-order chi connectivity index (χ1) is 19.3. The largest absolute Gasteiger partial charge is 0.492 e. The van der Waals surface area contributed by atoms with Gasteiger partial charge in [0, 0.05) is 56.3 Å². The molecule has 1 aliphatic heterocycles. The highest BCUT2D eigenvalue weighted by Crippen LogP contribution is 2.37. The number of halogens is 4. The maximum Gasteiger partial charge on any atom is 0.420 e. The Morgan fingerprint density at radius 2 is 1.65 bits per heavy atom. The van der Waals surface area contributed by atoms with Crippen molar-refractivity contribution in [3.8, 4) is 17.6 Å². The van der Waals surface area contributed by atoms with Crippen LogP contribution in [-0.4, -0.2) is 60.9 Å². The topological polar surface area (TPSA) is 60.0 Å². The first-order valence-corrected chi connectivity index (χ1v) is 13.4. The van der Waals surface area contributed by atoms with Crippen LogP contribution in [0.2, 0.25) is 5.02 Å². The van der Waals surface area contributed by atoms with E-state index in [4.69, 9.17) is 21.5 Å². The zero-order valence-electron chi connectivity index (χ0n) is 21.9. The van der Waals surface area contributed by atoms with Crippen molar-refractivity contribution in [2.45, 2.75) is 18.6 Å². The molecule has 3 aromatic carbocycles. The van der Waals surface area contributed by atoms with Gasteiger partial charge in [-0.2, -0.15) is 13.2 Å². The van der Waals surface area contributed by atoms with Crippen molar-refractivity contribution in [3.05, 3.63) is 100 Å². The minimum absolute atomic E-state index is 0.0930. The fourth-order valence-electron chi connectivity index (χ4n) is 4.72. The van der Waals surface area contributed by atoms with Crippen molar-refractivity contribution in [3.63, 3.8) is 0 Å². The molecule has 10 heteroatoms. The average molecular weight is 573 g/mol. The van der Waals surface area contributed by atoms with Crippen LogP contribution < -0.4 is 15.8 Å². The number of hydrogen-bond donors (Lipinski definition) is 3. The molecule has 0 amide bonds. The molecule has 40 heavy (non-hydrogen) atoms. The first kappa shape index (κ1) is 29.9. The van der Waals surface area contributed by atoms with Crippen molar-refractivity contribution in [1.29, 1.82) is 0 Å². The highest BCUT2D eigenvalue weighted by Gasteiger charge is 2.35. The summed E-state index contributed by atoms with van der Waals surface area (Å²) in [6, 6.07) is 22.2. The Balaban J connectivity index is 1.34. The Kier molecular flexibility index (Phi) is 10.8. The lowest BCUT2D eigenvalue weighted by Crippen LogP contribution is -2.48. The van der Waals surface area contributed by atoms with Gasteiger partial charge in [0.15, 0.2) is 0 Å². The predicted octanol–water partition coefficient (Wildman–Crippen LogP) is 5.37. The van der Waals surface area contributed by atoms with Crippen molar-refractivity contribution < 1.29 is 23.1 Å². The molecular weight excluding hydrogens is 541 g/mol. The molecule has 0 aliphatic carbocycles. The van der Waals surface area contributed by atoms with Crippen molar-refractivity contribution >= 4 is 11.6 Å². The number of rotatable bonds is 10. The van der Waals surface area contributed by atoms with Crippen molar-refractivity contribution in [1.82, 2.24) is 20.8 Å². The van der Waals surface area contributed by atoms with Gasteiger partial charge in [-0.1, -0.05) is 65.9 Å². The van der Waals surface area contributed by atoms with Gasteiger partial charge in [-0.25, -0.2) is 5.43 Å². The van der Waals surface area contributed by atoms with E-state index >= 15 is 0 Å². The van der Waals surface area contributed by atoms with E-state index in [0.29, 0.717) is 24.5 Å². The monoisotopic (exact) mass is 572 g/mol. The molecular formula is C30H32ClF3N4O2. The summed E-state index contributed by atoms with van der Waals surface area (Å²) >= 11 is 6.13. The number of piperazine rings is 1. The normalized spacial score (nSPS) is 15.3. The molecule has 1 heterocycles. The van der Waals surface area contributed by atoms with Gasteiger partial charge < -0.3 is 9.94 Å². The number of nitrogens with zero attached hydrogens (tertiary/aromatic N) is 2. The summed E-state index contributed by atoms with van der Waals surface area (Å²) in [5.74, 6) is 5.28. The highest BCUT2D eigenvalue weighted by molar-refractivity contribution is 6.30. The van der Waals surface area contributed by atoms with Crippen LogP contribution in [0, 0.1) is 11.8 Å². The molecule has 0 radical (unpaired) electrons.